The van der Waals surface area contributed by atoms with Gasteiger partial charge >= 0.3 is 0 Å². The largest absolute Gasteiger partial charge is 0.389 e. The Bertz CT molecular complexity index is 144. The van der Waals surface area contributed by atoms with Gasteiger partial charge in [0, 0.05) is 0 Å². The van der Waals surface area contributed by atoms with Gasteiger partial charge in [0.2, 0.25) is 0 Å². The van der Waals surface area contributed by atoms with Crippen LogP contribution in [0.2, 0.25) is 0 Å². The monoisotopic (exact) mass is 242 g/mol. The minimum Gasteiger partial charge on any atom is -0.389 e. The number of hydrogen-bond donors (Lipinski definition) is 1. The Morgan fingerprint density at radius 3 is 2.50 bits per heavy atom. The molecule has 0 amide bonds. The lowest BCUT2D eigenvalue weighted by Gasteiger charge is -2.16. The number of halogens is 2. The summed E-state index contributed by atoms with van der Waals surface area (Å²) < 4.78 is 10.4. The second-order valence-electron chi connectivity index (χ2n) is 2.74. The van der Waals surface area contributed by atoms with Crippen molar-refractivity contribution in [2.24, 2.45) is 0 Å². The van der Waals surface area contributed by atoms with Gasteiger partial charge in [-0.05, 0) is 0 Å². The summed E-state index contributed by atoms with van der Waals surface area (Å²) in [6.45, 7) is 4.55. The molecule has 0 saturated heterocycles. The van der Waals surface area contributed by atoms with Gasteiger partial charge in [-0.15, -0.1) is 29.8 Å². The van der Waals surface area contributed by atoms with Crippen LogP contribution in [0.25, 0.3) is 0 Å². The Hall–Kier alpha value is 0.200. The smallest absolute Gasteiger partial charge is 0.0944 e. The molecule has 3 nitrogen and oxygen atoms in total. The zero-order valence-corrected chi connectivity index (χ0v) is 9.51. The van der Waals surface area contributed by atoms with E-state index in [0.29, 0.717) is 19.1 Å². The lowest BCUT2D eigenvalue weighted by molar-refractivity contribution is -0.0296. The van der Waals surface area contributed by atoms with Crippen LogP contribution in [0.1, 0.15) is 0 Å². The van der Waals surface area contributed by atoms with E-state index in [1.807, 2.05) is 0 Å². The lowest BCUT2D eigenvalue weighted by atomic mass is 10.4. The van der Waals surface area contributed by atoms with Crippen molar-refractivity contribution in [1.82, 2.24) is 0 Å². The number of aliphatic hydroxyl groups excluding tert-OH is 1. The molecular weight excluding hydrogens is 227 g/mol. The Morgan fingerprint density at radius 1 is 1.29 bits per heavy atom. The van der Waals surface area contributed by atoms with E-state index in [0.717, 1.165) is 0 Å². The molecule has 84 valence electrons. The molecule has 2 atom stereocenters. The Balaban J connectivity index is 3.51. The fourth-order valence-electron chi connectivity index (χ4n) is 0.712. The van der Waals surface area contributed by atoms with E-state index in [-0.39, 0.29) is 18.6 Å². The van der Waals surface area contributed by atoms with Crippen LogP contribution >= 0.6 is 23.2 Å². The molecule has 0 aliphatic rings. The second-order valence-corrected chi connectivity index (χ2v) is 3.36. The highest BCUT2D eigenvalue weighted by atomic mass is 35.5. The minimum absolute atomic E-state index is 0.155. The molecule has 0 spiro atoms. The van der Waals surface area contributed by atoms with E-state index >= 15 is 0 Å². The summed E-state index contributed by atoms with van der Waals surface area (Å²) in [4.78, 5) is 0. The number of aliphatic hydroxyl groups is 1. The summed E-state index contributed by atoms with van der Waals surface area (Å²) in [5, 5.41) is 9.12. The van der Waals surface area contributed by atoms with E-state index < -0.39 is 6.10 Å². The van der Waals surface area contributed by atoms with Crippen LogP contribution in [0.5, 0.6) is 0 Å². The zero-order chi connectivity index (χ0) is 10.8. The van der Waals surface area contributed by atoms with Crippen molar-refractivity contribution in [3.8, 4) is 0 Å². The van der Waals surface area contributed by atoms with E-state index in [9.17, 15) is 0 Å². The van der Waals surface area contributed by atoms with Gasteiger partial charge in [-0.2, -0.15) is 0 Å². The number of hydrogen-bond acceptors (Lipinski definition) is 3. The first-order valence-corrected chi connectivity index (χ1v) is 5.41. The molecule has 0 bridgehead atoms. The van der Waals surface area contributed by atoms with Gasteiger partial charge in [0.05, 0.1) is 43.8 Å². The summed E-state index contributed by atoms with van der Waals surface area (Å²) >= 11 is 11.0. The average Bonchev–Trinajstić information content (AvgIpc) is 2.22. The molecule has 0 fully saturated rings. The standard InChI is InChI=1S/C9H16Cl2O3/c1-2-3-13-7-9(5-11)14-6-8(12)4-10/h2,8-9,12H,1,3-7H2/t8-,9-/m0/s1. The number of rotatable bonds is 9. The predicted molar refractivity (Wildman–Crippen MR) is 58.2 cm³/mol. The Morgan fingerprint density at radius 2 is 2.00 bits per heavy atom. The average molecular weight is 243 g/mol. The SMILES string of the molecule is C=CCOC[C@H](CCl)OC[C@@H](O)CCl. The van der Waals surface area contributed by atoms with Crippen molar-refractivity contribution in [1.29, 1.82) is 0 Å². The molecule has 14 heavy (non-hydrogen) atoms. The second kappa shape index (κ2) is 9.74. The fraction of sp³-hybridized carbons (Fsp3) is 0.778. The molecule has 0 saturated carbocycles. The maximum absolute atomic E-state index is 9.12. The van der Waals surface area contributed by atoms with Crippen LogP contribution in [-0.2, 0) is 9.47 Å². The zero-order valence-electron chi connectivity index (χ0n) is 7.99. The third kappa shape index (κ3) is 7.59. The van der Waals surface area contributed by atoms with Gasteiger partial charge < -0.3 is 14.6 Å². The molecule has 0 aromatic carbocycles. The Kier molecular flexibility index (Phi) is 9.88. The van der Waals surface area contributed by atoms with Crippen LogP contribution in [0, 0.1) is 0 Å². The third-order valence-corrected chi connectivity index (χ3v) is 2.11. The van der Waals surface area contributed by atoms with Crippen molar-refractivity contribution in [3.63, 3.8) is 0 Å². The first-order valence-electron chi connectivity index (χ1n) is 4.34. The maximum atomic E-state index is 9.12. The maximum Gasteiger partial charge on any atom is 0.0944 e. The van der Waals surface area contributed by atoms with Crippen molar-refractivity contribution in [2.45, 2.75) is 12.2 Å². The van der Waals surface area contributed by atoms with E-state index in [1.54, 1.807) is 6.08 Å². The highest BCUT2D eigenvalue weighted by molar-refractivity contribution is 6.18. The fourth-order valence-corrected chi connectivity index (χ4v) is 0.979. The summed E-state index contributed by atoms with van der Waals surface area (Å²) in [6.07, 6.45) is 0.787. The molecular formula is C9H16Cl2O3. The number of ether oxygens (including phenoxy) is 2. The first-order chi connectivity index (χ1) is 6.74. The molecule has 0 heterocycles. The molecule has 0 aliphatic heterocycles. The molecule has 0 aliphatic carbocycles. The topological polar surface area (TPSA) is 38.7 Å². The molecule has 5 heteroatoms. The van der Waals surface area contributed by atoms with E-state index in [2.05, 4.69) is 6.58 Å². The van der Waals surface area contributed by atoms with Crippen molar-refractivity contribution in [3.05, 3.63) is 12.7 Å². The van der Waals surface area contributed by atoms with Crippen LogP contribution in [0.4, 0.5) is 0 Å². The van der Waals surface area contributed by atoms with Gasteiger partial charge in [-0.25, -0.2) is 0 Å². The molecule has 0 rings (SSSR count). The predicted octanol–water partition coefficient (Wildman–Crippen LogP) is 1.41. The van der Waals surface area contributed by atoms with Crippen LogP contribution < -0.4 is 0 Å². The summed E-state index contributed by atoms with van der Waals surface area (Å²) in [5.74, 6) is 0.481. The summed E-state index contributed by atoms with van der Waals surface area (Å²) in [6, 6.07) is 0. The van der Waals surface area contributed by atoms with Crippen LogP contribution in [0.15, 0.2) is 12.7 Å². The quantitative estimate of drug-likeness (QED) is 0.378. The Labute approximate surface area is 94.6 Å². The molecule has 0 aromatic heterocycles. The highest BCUT2D eigenvalue weighted by Gasteiger charge is 2.10. The van der Waals surface area contributed by atoms with E-state index in [4.69, 9.17) is 37.8 Å². The van der Waals surface area contributed by atoms with Gasteiger partial charge in [-0.3, -0.25) is 0 Å². The molecule has 0 aromatic rings. The van der Waals surface area contributed by atoms with E-state index in [1.165, 1.54) is 0 Å². The molecule has 0 radical (unpaired) electrons. The third-order valence-electron chi connectivity index (χ3n) is 1.41. The number of alkyl halides is 2. The van der Waals surface area contributed by atoms with Crippen LogP contribution in [0.3, 0.4) is 0 Å². The molecule has 0 unspecified atom stereocenters. The van der Waals surface area contributed by atoms with Crippen LogP contribution in [-0.4, -0.2) is 48.9 Å². The lowest BCUT2D eigenvalue weighted by Crippen LogP contribution is -2.27. The summed E-state index contributed by atoms with van der Waals surface area (Å²) in [5.41, 5.74) is 0. The summed E-state index contributed by atoms with van der Waals surface area (Å²) in [7, 11) is 0. The van der Waals surface area contributed by atoms with Gasteiger partial charge in [0.15, 0.2) is 0 Å². The minimum atomic E-state index is -0.651. The van der Waals surface area contributed by atoms with Crippen molar-refractivity contribution >= 4 is 23.2 Å². The first kappa shape index (κ1) is 14.2. The normalized spacial score (nSPS) is 15.1. The van der Waals surface area contributed by atoms with Crippen molar-refractivity contribution < 1.29 is 14.6 Å². The van der Waals surface area contributed by atoms with Crippen molar-refractivity contribution in [2.75, 3.05) is 31.6 Å². The van der Waals surface area contributed by atoms with Gasteiger partial charge in [0.25, 0.3) is 0 Å². The highest BCUT2D eigenvalue weighted by Crippen LogP contribution is 1.99. The van der Waals surface area contributed by atoms with Gasteiger partial charge in [0.1, 0.15) is 0 Å². The molecule has 1 N–H and O–H groups in total. The van der Waals surface area contributed by atoms with Gasteiger partial charge in [-0.1, -0.05) is 6.08 Å².